The molecule has 0 atom stereocenters. The van der Waals surface area contributed by atoms with E-state index in [-0.39, 0.29) is 29.2 Å². The molecule has 7 heteroatoms. The highest BCUT2D eigenvalue weighted by molar-refractivity contribution is 5.96. The van der Waals surface area contributed by atoms with Gasteiger partial charge in [0.05, 0.1) is 11.0 Å². The number of rotatable bonds is 5. The van der Waals surface area contributed by atoms with Crippen molar-refractivity contribution in [2.75, 3.05) is 0 Å². The number of amides is 2. The Bertz CT molecular complexity index is 1010. The summed E-state index contributed by atoms with van der Waals surface area (Å²) in [6, 6.07) is 10.7. The first-order valence-corrected chi connectivity index (χ1v) is 8.83. The Labute approximate surface area is 157 Å². The van der Waals surface area contributed by atoms with Crippen molar-refractivity contribution in [2.24, 2.45) is 7.05 Å². The van der Waals surface area contributed by atoms with E-state index in [2.05, 4.69) is 20.6 Å². The van der Waals surface area contributed by atoms with Crippen molar-refractivity contribution in [1.82, 2.24) is 25.2 Å². The summed E-state index contributed by atoms with van der Waals surface area (Å²) >= 11 is 0. The molecule has 0 aliphatic carbocycles. The van der Waals surface area contributed by atoms with Crippen LogP contribution in [0, 0.1) is 6.92 Å². The second kappa shape index (κ2) is 7.57. The molecule has 0 aliphatic heterocycles. The summed E-state index contributed by atoms with van der Waals surface area (Å²) in [6.07, 6.45) is 0. The third kappa shape index (κ3) is 4.13. The van der Waals surface area contributed by atoms with Gasteiger partial charge >= 0.3 is 0 Å². The Morgan fingerprint density at radius 3 is 2.48 bits per heavy atom. The first-order chi connectivity index (χ1) is 12.8. The molecule has 0 saturated carbocycles. The van der Waals surface area contributed by atoms with Gasteiger partial charge in [-0.05, 0) is 50.6 Å². The lowest BCUT2D eigenvalue weighted by molar-refractivity contribution is 0.0936. The average Bonchev–Trinajstić information content (AvgIpc) is 2.93. The van der Waals surface area contributed by atoms with Crippen LogP contribution in [0.25, 0.3) is 11.0 Å². The summed E-state index contributed by atoms with van der Waals surface area (Å²) in [5.41, 5.74) is 3.35. The van der Waals surface area contributed by atoms with Crippen LogP contribution in [0.15, 0.2) is 36.4 Å². The van der Waals surface area contributed by atoms with E-state index >= 15 is 0 Å². The first kappa shape index (κ1) is 18.6. The number of nitrogens with zero attached hydrogens (tertiary/aromatic N) is 3. The quantitative estimate of drug-likeness (QED) is 0.726. The van der Waals surface area contributed by atoms with Crippen LogP contribution in [0.2, 0.25) is 0 Å². The number of fused-ring (bicyclic) bond motifs is 1. The van der Waals surface area contributed by atoms with Gasteiger partial charge in [-0.25, -0.2) is 9.97 Å². The first-order valence-electron chi connectivity index (χ1n) is 8.83. The molecular weight excluding hydrogens is 342 g/mol. The number of hydrogen-bond donors (Lipinski definition) is 2. The van der Waals surface area contributed by atoms with E-state index < -0.39 is 0 Å². The summed E-state index contributed by atoms with van der Waals surface area (Å²) in [5.74, 6) is 0.319. The Morgan fingerprint density at radius 2 is 1.78 bits per heavy atom. The monoisotopic (exact) mass is 365 g/mol. The topological polar surface area (TPSA) is 88.9 Å². The highest BCUT2D eigenvalue weighted by Crippen LogP contribution is 2.16. The Kier molecular flexibility index (Phi) is 5.21. The number of nitrogens with one attached hydrogen (secondary N) is 2. The van der Waals surface area contributed by atoms with E-state index in [1.165, 1.54) is 0 Å². The summed E-state index contributed by atoms with van der Waals surface area (Å²) in [4.78, 5) is 33.1. The van der Waals surface area contributed by atoms with Crippen LogP contribution in [-0.4, -0.2) is 32.4 Å². The van der Waals surface area contributed by atoms with Crippen LogP contribution in [0.5, 0.6) is 0 Å². The predicted octanol–water partition coefficient (Wildman–Crippen LogP) is 2.34. The maximum absolute atomic E-state index is 12.4. The number of pyridine rings is 1. The van der Waals surface area contributed by atoms with Gasteiger partial charge in [0.25, 0.3) is 11.8 Å². The van der Waals surface area contributed by atoms with Gasteiger partial charge in [-0.2, -0.15) is 0 Å². The van der Waals surface area contributed by atoms with E-state index in [9.17, 15) is 9.59 Å². The third-order valence-electron chi connectivity index (χ3n) is 4.26. The zero-order valence-corrected chi connectivity index (χ0v) is 15.9. The van der Waals surface area contributed by atoms with Crippen molar-refractivity contribution < 1.29 is 9.59 Å². The van der Waals surface area contributed by atoms with Gasteiger partial charge in [-0.3, -0.25) is 9.59 Å². The number of hydrogen-bond acceptors (Lipinski definition) is 4. The minimum absolute atomic E-state index is 0.00217. The Hall–Kier alpha value is -3.22. The number of carbonyl (C=O) groups is 2. The molecule has 2 N–H and O–H groups in total. The molecule has 0 bridgehead atoms. The van der Waals surface area contributed by atoms with E-state index in [0.29, 0.717) is 6.54 Å². The fraction of sp³-hybridized carbons (Fsp3) is 0.300. The fourth-order valence-corrected chi connectivity index (χ4v) is 2.76. The van der Waals surface area contributed by atoms with Crippen LogP contribution >= 0.6 is 0 Å². The highest BCUT2D eigenvalue weighted by atomic mass is 16.2. The largest absolute Gasteiger partial charge is 0.349 e. The maximum Gasteiger partial charge on any atom is 0.270 e. The summed E-state index contributed by atoms with van der Waals surface area (Å²) in [5, 5.41) is 5.62. The fourth-order valence-electron chi connectivity index (χ4n) is 2.76. The summed E-state index contributed by atoms with van der Waals surface area (Å²) in [7, 11) is 1.96. The molecule has 0 unspecified atom stereocenters. The molecule has 0 fully saturated rings. The lowest BCUT2D eigenvalue weighted by atomic mass is 10.2. The zero-order valence-electron chi connectivity index (χ0n) is 15.9. The molecule has 2 aromatic heterocycles. The molecule has 0 saturated heterocycles. The van der Waals surface area contributed by atoms with E-state index in [1.807, 2.05) is 50.6 Å². The van der Waals surface area contributed by atoms with Crippen LogP contribution in [0.3, 0.4) is 0 Å². The van der Waals surface area contributed by atoms with Gasteiger partial charge in [0.1, 0.15) is 17.2 Å². The Morgan fingerprint density at radius 1 is 1.07 bits per heavy atom. The van der Waals surface area contributed by atoms with Crippen LogP contribution in [0.4, 0.5) is 0 Å². The van der Waals surface area contributed by atoms with E-state index in [4.69, 9.17) is 0 Å². The van der Waals surface area contributed by atoms with Crippen LogP contribution in [-0.2, 0) is 13.6 Å². The number of imidazole rings is 1. The second-order valence-electron chi connectivity index (χ2n) is 6.76. The van der Waals surface area contributed by atoms with Crippen molar-refractivity contribution in [3.05, 3.63) is 59.2 Å². The zero-order chi connectivity index (χ0) is 19.6. The van der Waals surface area contributed by atoms with Crippen LogP contribution in [0.1, 0.15) is 46.2 Å². The molecule has 0 radical (unpaired) electrons. The number of aromatic nitrogens is 3. The molecule has 0 spiro atoms. The van der Waals surface area contributed by atoms with E-state index in [1.54, 1.807) is 18.2 Å². The van der Waals surface area contributed by atoms with Gasteiger partial charge in [0.2, 0.25) is 0 Å². The minimum Gasteiger partial charge on any atom is -0.349 e. The smallest absolute Gasteiger partial charge is 0.270 e. The van der Waals surface area contributed by atoms with Crippen molar-refractivity contribution in [3.8, 4) is 0 Å². The van der Waals surface area contributed by atoms with Crippen molar-refractivity contribution >= 4 is 22.8 Å². The maximum atomic E-state index is 12.4. The molecule has 0 aliphatic rings. The molecule has 3 aromatic rings. The van der Waals surface area contributed by atoms with Crippen molar-refractivity contribution in [2.45, 2.75) is 33.4 Å². The van der Waals surface area contributed by atoms with Crippen molar-refractivity contribution in [3.63, 3.8) is 0 Å². The molecule has 2 amide bonds. The number of aryl methyl sites for hydroxylation is 2. The minimum atomic E-state index is -0.324. The van der Waals surface area contributed by atoms with Crippen LogP contribution < -0.4 is 10.6 Å². The lowest BCUT2D eigenvalue weighted by Crippen LogP contribution is -2.31. The Balaban J connectivity index is 1.71. The molecule has 140 valence electrons. The highest BCUT2D eigenvalue weighted by Gasteiger charge is 2.13. The molecule has 3 rings (SSSR count). The van der Waals surface area contributed by atoms with Gasteiger partial charge < -0.3 is 15.2 Å². The molecule has 2 heterocycles. The standard InChI is InChI=1S/C20H23N5O2/c1-12(2)22-20(27)17-7-5-6-16(24-17)19(26)21-11-14-8-9-15-18(10-14)25(4)13(3)23-15/h5-10,12H,11H2,1-4H3,(H,21,26)(H,22,27). The van der Waals surface area contributed by atoms with Crippen molar-refractivity contribution in [1.29, 1.82) is 0 Å². The van der Waals surface area contributed by atoms with E-state index in [0.717, 1.165) is 22.4 Å². The predicted molar refractivity (Wildman–Crippen MR) is 103 cm³/mol. The van der Waals surface area contributed by atoms with Gasteiger partial charge in [0, 0.05) is 19.6 Å². The molecule has 27 heavy (non-hydrogen) atoms. The molecular formula is C20H23N5O2. The molecule has 1 aromatic carbocycles. The normalized spacial score (nSPS) is 11.0. The van der Waals surface area contributed by atoms with Gasteiger partial charge in [-0.15, -0.1) is 0 Å². The number of carbonyl (C=O) groups excluding carboxylic acids is 2. The van der Waals surface area contributed by atoms with Gasteiger partial charge in [-0.1, -0.05) is 12.1 Å². The lowest BCUT2D eigenvalue weighted by Gasteiger charge is -2.09. The second-order valence-corrected chi connectivity index (χ2v) is 6.76. The SMILES string of the molecule is Cc1nc2ccc(CNC(=O)c3cccc(C(=O)NC(C)C)n3)cc2n1C. The summed E-state index contributed by atoms with van der Waals surface area (Å²) < 4.78 is 2.01. The summed E-state index contributed by atoms with van der Waals surface area (Å²) in [6.45, 7) is 6.06. The number of benzene rings is 1. The third-order valence-corrected chi connectivity index (χ3v) is 4.26. The average molecular weight is 365 g/mol. The molecule has 7 nitrogen and oxygen atoms in total. The van der Waals surface area contributed by atoms with Gasteiger partial charge in [0.15, 0.2) is 0 Å².